The Morgan fingerprint density at radius 3 is 0.643 bits per heavy atom. The summed E-state index contributed by atoms with van der Waals surface area (Å²) >= 11 is 58.3. The van der Waals surface area contributed by atoms with Crippen LogP contribution in [0.5, 0.6) is 23.0 Å². The van der Waals surface area contributed by atoms with Crippen LogP contribution >= 0.6 is 92.8 Å². The van der Waals surface area contributed by atoms with Crippen molar-refractivity contribution >= 4 is 824 Å². The highest BCUT2D eigenvalue weighted by atomic mass is 35.5. The van der Waals surface area contributed by atoms with E-state index in [1.165, 1.54) is 30.9 Å². The molecule has 0 atom stereocenters. The summed E-state index contributed by atoms with van der Waals surface area (Å²) in [6.07, 6.45) is 0. The molecule has 0 spiro atoms. The van der Waals surface area contributed by atoms with Crippen molar-refractivity contribution in [2.24, 2.45) is 0 Å². The number of methoxy groups -OCH3 is 1. The van der Waals surface area contributed by atoms with Crippen molar-refractivity contribution in [3.8, 4) is 23.0 Å². The number of nitrogens with zero attached hydrogens (tertiary/aromatic N) is 2. The Bertz CT molecular complexity index is 9710. The zero-order chi connectivity index (χ0) is 99.3. The molecule has 8 nitrogen and oxygen atoms in total. The molecule has 1 N–H and O–H groups in total. The number of carboxylic acid groups (broad SMARTS) is 1. The van der Waals surface area contributed by atoms with Crippen molar-refractivity contribution in [2.45, 2.75) is 20.5 Å². The fraction of sp³-hybridized carbons (Fsp3) is 0.0870. The number of aromatic carboxylic acids is 1. The van der Waals surface area contributed by atoms with Crippen LogP contribution in [0.2, 0.25) is 40.2 Å². The molecule has 0 saturated carbocycles. The molecule has 2 heterocycles. The lowest BCUT2D eigenvalue weighted by Crippen LogP contribution is -2.12. The predicted molar refractivity (Wildman–Crippen MR) is 828 cm³/mol. The van der Waals surface area contributed by atoms with Gasteiger partial charge in [-0.1, -0.05) is 124 Å². The van der Waals surface area contributed by atoms with Crippen molar-refractivity contribution in [1.29, 1.82) is 0 Å². The molecule has 8 rings (SSSR count). The molecule has 786 valence electrons. The fourth-order valence-corrected chi connectivity index (χ4v) is 212. The summed E-state index contributed by atoms with van der Waals surface area (Å²) < 4.78 is 20.7. The lowest BCUT2D eigenvalue weighted by Gasteiger charge is -2.12. The van der Waals surface area contributed by atoms with Gasteiger partial charge < -0.3 is 28.5 Å². The summed E-state index contributed by atoms with van der Waals surface area (Å²) in [6.45, 7) is 0.701. The number of ether oxygens (including phenoxy) is 3. The first-order valence-electron chi connectivity index (χ1n) is 30.7. The van der Waals surface area contributed by atoms with Crippen LogP contribution in [0.25, 0.3) is 21.8 Å². The van der Waals surface area contributed by atoms with E-state index in [4.69, 9.17) is 129 Å². The Morgan fingerprint density at radius 2 is 0.450 bits per heavy atom. The van der Waals surface area contributed by atoms with Crippen LogP contribution in [0, 0.1) is 0 Å². The molecule has 140 heavy (non-hydrogen) atoms. The minimum Gasteiger partial charge on any atom is -0.476 e. The number of hydrogen-bond donors (Lipinski definition) is 1. The lowest BCUT2D eigenvalue weighted by molar-refractivity contribution is 0.0585. The molecule has 0 unspecified atom stereocenters. The fourth-order valence-electron chi connectivity index (χ4n) is 7.34. The van der Waals surface area contributed by atoms with E-state index in [1.54, 1.807) is 196 Å². The van der Waals surface area contributed by atoms with Crippen LogP contribution in [0.4, 0.5) is 0 Å². The zero-order valence-electron chi connectivity index (χ0n) is 63.2. The topological polar surface area (TPSA) is 91.9 Å². The molecular formula is C46H32Cl8N2O6S78. The summed E-state index contributed by atoms with van der Waals surface area (Å²) in [5.74, 6) is -0.408. The van der Waals surface area contributed by atoms with Gasteiger partial charge in [-0.05, 0) is 96.1 Å². The van der Waals surface area contributed by atoms with Gasteiger partial charge in [-0.3, -0.25) is 0 Å². The largest absolute Gasteiger partial charge is 0.476 e. The molecule has 8 aromatic rings. The van der Waals surface area contributed by atoms with Gasteiger partial charge in [0.2, 0.25) is 0 Å². The molecule has 0 amide bonds. The second-order valence-corrected chi connectivity index (χ2v) is 156. The van der Waals surface area contributed by atoms with Gasteiger partial charge in [0.05, 0.1) is 38.2 Å². The molecule has 0 bridgehead atoms. The number of esters is 1. The van der Waals surface area contributed by atoms with Crippen LogP contribution in [0.3, 0.4) is 0 Å². The second kappa shape index (κ2) is 99.7. The number of fused-ring (bicyclic) bond motifs is 2. The molecule has 6 aromatic carbocycles. The van der Waals surface area contributed by atoms with Gasteiger partial charge >= 0.3 is 11.9 Å². The maximum Gasteiger partial charge on any atom is 0.358 e. The standard InChI is InChI=1S/C23H15Cl4NO3.C22H13Cl4NO3.CH4.S78/c1-30-23(29)21-22(31-16-7-8-18(26)19(27)11-16)17-10-15(25)6-9-20(17)28(21)12-13-2-4-14(24)5-3-13;23-13-3-1-12(2-4-13)11-27-19-8-5-14(24)9-16(19)21(20(27)22(28)29)30-15-6-7-17(25)18(26)10-15;;1-3-5-7-9-11-13-15-17-19-21-23-25-27-29-31-33-35-37-39-41-43-45-47-49-51-53-55-57-59-61-63-65-67-69-71-73-75-77-78-76-74-72-70-68-66-64-62-60-58-56-54-52-50-48-46-44-42-40-38-36-34-32-30-28-26-24-22-20-18-16-14-12-10-8-6-4-2/h2-11H,12H2,1H3;1-10H,11H2,(H,28,29);1H4;. The van der Waals surface area contributed by atoms with Crippen LogP contribution in [0.15, 0.2) is 121 Å². The zero-order valence-corrected chi connectivity index (χ0v) is 133. The number of carbonyl (C=O) groups excluding carboxylic acids is 1. The Kier molecular flexibility index (Phi) is 102. The van der Waals surface area contributed by atoms with E-state index >= 15 is 0 Å². The molecule has 0 aliphatic rings. The van der Waals surface area contributed by atoms with E-state index in [-0.39, 0.29) is 24.6 Å². The maximum atomic E-state index is 12.8. The molecule has 0 radical (unpaired) electrons. The average molecular weight is 3490 g/mol. The summed E-state index contributed by atoms with van der Waals surface area (Å²) in [5, 5.41) is 14.8. The molecule has 2 aromatic heterocycles. The van der Waals surface area contributed by atoms with Crippen molar-refractivity contribution in [1.82, 2.24) is 9.13 Å². The molecule has 0 aliphatic heterocycles. The van der Waals surface area contributed by atoms with E-state index < -0.39 is 11.9 Å². The monoisotopic (exact) mass is 3480 g/mol. The average Bonchev–Trinajstić information content (AvgIpc) is 1.61. The van der Waals surface area contributed by atoms with Crippen molar-refractivity contribution in [2.75, 3.05) is 7.11 Å². The Labute approximate surface area is 1070 Å². The first-order chi connectivity index (χ1) is 68.1. The Balaban J connectivity index is 0.000000445. The van der Waals surface area contributed by atoms with E-state index in [1.807, 2.05) is 585 Å². The maximum absolute atomic E-state index is 12.8. The number of halogens is 8. The van der Waals surface area contributed by atoms with E-state index in [2.05, 4.69) is 0 Å². The number of carbonyl (C=O) groups is 2. The summed E-state index contributed by atoms with van der Waals surface area (Å²) in [5.41, 5.74) is 3.50. The number of rotatable bonds is 10. The normalized spacial score (nSPS) is 9.18. The van der Waals surface area contributed by atoms with E-state index in [0.29, 0.717) is 86.8 Å². The first-order valence-corrected chi connectivity index (χ1v) is 136. The predicted octanol–water partition coefficient (Wildman–Crippen LogP) is 16.1. The highest BCUT2D eigenvalue weighted by Crippen LogP contribution is 2.42. The molecule has 0 aliphatic carbocycles. The molecular weight excluding hydrogens is 3460 g/mol. The third-order valence-electron chi connectivity index (χ3n) is 11.4. The smallest absolute Gasteiger partial charge is 0.358 e. The molecule has 94 heteroatoms. The van der Waals surface area contributed by atoms with Gasteiger partial charge in [0.1, 0.15) is 11.5 Å². The van der Waals surface area contributed by atoms with Gasteiger partial charge in [0, 0.05) is 753 Å². The van der Waals surface area contributed by atoms with E-state index in [9.17, 15) is 14.7 Å². The molecule has 0 fully saturated rings. The highest BCUT2D eigenvalue weighted by molar-refractivity contribution is 8.85. The van der Waals surface area contributed by atoms with Gasteiger partial charge in [-0.15, -0.1) is 0 Å². The van der Waals surface area contributed by atoms with Gasteiger partial charge in [0.25, 0.3) is 0 Å². The Hall–Kier alpha value is 12.4. The number of benzene rings is 6. The van der Waals surface area contributed by atoms with Crippen LogP contribution in [-0.2, 0) is 715 Å². The van der Waals surface area contributed by atoms with Crippen LogP contribution < -0.4 is 9.47 Å². The molecule has 0 saturated heterocycles. The first kappa shape index (κ1) is 143. The number of carboxylic acids is 1. The summed E-state index contributed by atoms with van der Waals surface area (Å²) in [7, 11) is 138. The minimum absolute atomic E-state index is 0. The third kappa shape index (κ3) is 71.0. The van der Waals surface area contributed by atoms with Crippen molar-refractivity contribution < 1.29 is 28.9 Å². The Morgan fingerprint density at radius 1 is 0.257 bits per heavy atom. The SMILES string of the molecule is C.COC(=O)c1c(Oc2ccc(Cl)c(Cl)c2)c2cc(Cl)ccc2n1Cc1ccc(Cl)cc1.O=C(O)c1c(Oc2ccc(Cl)c(Cl)c2)c2cc(Cl)ccc2n1Cc1ccc(Cl)cc1.S=S=S=S=S=S=S=S=S=S=S=S=S=S=S=S=S=S=S=S=S=S=S=S=S=S=S=S=S=S=S=S=S=S=S=S=S=S=S=S=S=S=S=S=S=S=S=S=S=S=S=S=S=S=S=S=S=S=S=S=S=S=S=S=S=S=S=S=S=S=S=S=S=S=S=S=S=S. The number of aromatic nitrogens is 2. The second-order valence-electron chi connectivity index (χ2n) is 18.4. The minimum atomic E-state index is -1.13. The van der Waals surface area contributed by atoms with Crippen LogP contribution in [-0.4, -0.2) is 33.3 Å². The van der Waals surface area contributed by atoms with Gasteiger partial charge in [-0.2, -0.15) is 0 Å². The number of hydrogen-bond acceptors (Lipinski definition) is 7. The van der Waals surface area contributed by atoms with Crippen molar-refractivity contribution in [3.05, 3.63) is 184 Å². The summed E-state index contributed by atoms with van der Waals surface area (Å²) in [6, 6.07) is 34.7. The highest BCUT2D eigenvalue weighted by Gasteiger charge is 2.28. The third-order valence-corrected chi connectivity index (χ3v) is 180. The van der Waals surface area contributed by atoms with Gasteiger partial charge in [0.15, 0.2) is 22.9 Å². The quantitative estimate of drug-likeness (QED) is 0.135. The lowest BCUT2D eigenvalue weighted by atomic mass is 10.2. The van der Waals surface area contributed by atoms with Crippen LogP contribution in [0.1, 0.15) is 39.5 Å². The van der Waals surface area contributed by atoms with Crippen molar-refractivity contribution in [3.63, 3.8) is 0 Å². The van der Waals surface area contributed by atoms with Gasteiger partial charge in [-0.25, -0.2) is 9.59 Å². The summed E-state index contributed by atoms with van der Waals surface area (Å²) in [4.78, 5) is 25.1. The van der Waals surface area contributed by atoms with E-state index in [0.717, 1.165) is 16.6 Å².